The van der Waals surface area contributed by atoms with E-state index in [0.717, 1.165) is 43.7 Å². The molecule has 3 rings (SSSR count). The van der Waals surface area contributed by atoms with Crippen molar-refractivity contribution in [3.63, 3.8) is 0 Å². The van der Waals surface area contributed by atoms with Gasteiger partial charge < -0.3 is 20.1 Å². The van der Waals surface area contributed by atoms with Crippen LogP contribution in [0.4, 0.5) is 10.5 Å². The second-order valence-electron chi connectivity index (χ2n) is 6.59. The molecule has 0 aromatic heterocycles. The number of para-hydroxylation sites is 2. The number of carbonyl (C=O) groups excluding carboxylic acids is 1. The maximum Gasteiger partial charge on any atom is 0.321 e. The summed E-state index contributed by atoms with van der Waals surface area (Å²) in [6, 6.07) is 7.54. The Labute approximate surface area is 137 Å². The minimum absolute atomic E-state index is 0.106. The Morgan fingerprint density at radius 2 is 2.00 bits per heavy atom. The Kier molecular flexibility index (Phi) is 5.39. The number of urea groups is 1. The predicted octanol–water partition coefficient (Wildman–Crippen LogP) is 3.24. The van der Waals surface area contributed by atoms with Gasteiger partial charge in [-0.05, 0) is 56.6 Å². The molecule has 1 saturated heterocycles. The van der Waals surface area contributed by atoms with Crippen LogP contribution < -0.4 is 10.1 Å². The van der Waals surface area contributed by atoms with Crippen LogP contribution in [0.15, 0.2) is 24.3 Å². The second kappa shape index (κ2) is 7.68. The number of likely N-dealkylation sites (tertiary alicyclic amines) is 1. The zero-order chi connectivity index (χ0) is 16.1. The molecule has 1 aliphatic carbocycles. The van der Waals surface area contributed by atoms with E-state index in [1.165, 1.54) is 12.8 Å². The molecule has 126 valence electrons. The molecule has 1 unspecified atom stereocenters. The van der Waals surface area contributed by atoms with Gasteiger partial charge >= 0.3 is 6.03 Å². The summed E-state index contributed by atoms with van der Waals surface area (Å²) in [6.07, 6.45) is 6.81. The monoisotopic (exact) mass is 318 g/mol. The first kappa shape index (κ1) is 16.1. The van der Waals surface area contributed by atoms with Crippen molar-refractivity contribution in [1.29, 1.82) is 0 Å². The average molecular weight is 318 g/mol. The zero-order valence-corrected chi connectivity index (χ0v) is 13.5. The minimum atomic E-state index is -0.106. The number of nitrogens with zero attached hydrogens (tertiary/aromatic N) is 1. The lowest BCUT2D eigenvalue weighted by Crippen LogP contribution is -2.43. The van der Waals surface area contributed by atoms with Crippen LogP contribution in [0.25, 0.3) is 0 Å². The van der Waals surface area contributed by atoms with Crippen LogP contribution in [0.5, 0.6) is 5.75 Å². The van der Waals surface area contributed by atoms with Crippen molar-refractivity contribution < 1.29 is 14.6 Å². The molecule has 0 spiro atoms. The zero-order valence-electron chi connectivity index (χ0n) is 13.5. The summed E-state index contributed by atoms with van der Waals surface area (Å²) in [6.45, 7) is 1.51. The molecule has 1 aliphatic heterocycles. The summed E-state index contributed by atoms with van der Waals surface area (Å²) in [5, 5.41) is 12.3. The van der Waals surface area contributed by atoms with Crippen molar-refractivity contribution in [2.45, 2.75) is 44.6 Å². The van der Waals surface area contributed by atoms with E-state index in [-0.39, 0.29) is 24.7 Å². The lowest BCUT2D eigenvalue weighted by Gasteiger charge is -2.32. The molecule has 1 aromatic carbocycles. The number of rotatable bonds is 4. The molecule has 1 atom stereocenters. The highest BCUT2D eigenvalue weighted by Crippen LogP contribution is 2.30. The first-order valence-electron chi connectivity index (χ1n) is 8.68. The molecule has 2 amide bonds. The third-order valence-electron chi connectivity index (χ3n) is 4.79. The van der Waals surface area contributed by atoms with Crippen molar-refractivity contribution in [1.82, 2.24) is 4.90 Å². The number of nitrogens with one attached hydrogen (secondary N) is 1. The molecule has 0 radical (unpaired) electrons. The summed E-state index contributed by atoms with van der Waals surface area (Å²) in [5.74, 6) is 0.947. The third-order valence-corrected chi connectivity index (χ3v) is 4.79. The van der Waals surface area contributed by atoms with Crippen molar-refractivity contribution in [3.05, 3.63) is 24.3 Å². The lowest BCUT2D eigenvalue weighted by molar-refractivity contribution is 0.136. The maximum absolute atomic E-state index is 12.5. The van der Waals surface area contributed by atoms with E-state index in [9.17, 15) is 9.90 Å². The fourth-order valence-electron chi connectivity index (χ4n) is 3.45. The van der Waals surface area contributed by atoms with Gasteiger partial charge in [0.25, 0.3) is 0 Å². The fourth-order valence-corrected chi connectivity index (χ4v) is 3.45. The SMILES string of the molecule is O=C(Nc1ccccc1OC1CCCC1)N1CCCC(CO)C1. The lowest BCUT2D eigenvalue weighted by atomic mass is 9.99. The second-order valence-corrected chi connectivity index (χ2v) is 6.59. The molecular formula is C18H26N2O3. The highest BCUT2D eigenvalue weighted by atomic mass is 16.5. The first-order valence-corrected chi connectivity index (χ1v) is 8.68. The molecule has 23 heavy (non-hydrogen) atoms. The summed E-state index contributed by atoms with van der Waals surface area (Å²) < 4.78 is 6.06. The predicted molar refractivity (Wildman–Crippen MR) is 89.7 cm³/mol. The Morgan fingerprint density at radius 3 is 2.78 bits per heavy atom. The molecule has 2 fully saturated rings. The van der Waals surface area contributed by atoms with E-state index in [0.29, 0.717) is 6.54 Å². The van der Waals surface area contributed by atoms with E-state index < -0.39 is 0 Å². The molecule has 1 aromatic rings. The van der Waals surface area contributed by atoms with Crippen molar-refractivity contribution in [2.75, 3.05) is 25.0 Å². The Morgan fingerprint density at radius 1 is 1.22 bits per heavy atom. The van der Waals surface area contributed by atoms with Crippen molar-refractivity contribution in [2.24, 2.45) is 5.92 Å². The Bertz CT molecular complexity index is 529. The van der Waals surface area contributed by atoms with E-state index in [4.69, 9.17) is 4.74 Å². The van der Waals surface area contributed by atoms with Gasteiger partial charge in [-0.15, -0.1) is 0 Å². The standard InChI is InChI=1S/C18H26N2O3/c21-13-14-6-5-11-20(12-14)18(22)19-16-9-3-4-10-17(16)23-15-7-1-2-8-15/h3-4,9-10,14-15,21H,1-2,5-8,11-13H2,(H,19,22). The highest BCUT2D eigenvalue weighted by molar-refractivity contribution is 5.91. The Hall–Kier alpha value is -1.75. The van der Waals surface area contributed by atoms with Gasteiger partial charge in [0.15, 0.2) is 0 Å². The number of anilines is 1. The van der Waals surface area contributed by atoms with Gasteiger partial charge in [0, 0.05) is 19.7 Å². The van der Waals surface area contributed by atoms with Gasteiger partial charge in [0.1, 0.15) is 5.75 Å². The number of carbonyl (C=O) groups is 1. The fraction of sp³-hybridized carbons (Fsp3) is 0.611. The molecule has 5 nitrogen and oxygen atoms in total. The van der Waals surface area contributed by atoms with Crippen LogP contribution in [0.1, 0.15) is 38.5 Å². The number of aliphatic hydroxyl groups is 1. The normalized spacial score (nSPS) is 22.1. The average Bonchev–Trinajstić information content (AvgIpc) is 3.09. The minimum Gasteiger partial charge on any atom is -0.488 e. The topological polar surface area (TPSA) is 61.8 Å². The van der Waals surface area contributed by atoms with Gasteiger partial charge in [-0.2, -0.15) is 0 Å². The summed E-state index contributed by atoms with van der Waals surface area (Å²) in [4.78, 5) is 14.3. The van der Waals surface area contributed by atoms with Crippen LogP contribution in [-0.2, 0) is 0 Å². The third kappa shape index (κ3) is 4.16. The summed E-state index contributed by atoms with van der Waals surface area (Å²) in [5.41, 5.74) is 0.732. The van der Waals surface area contributed by atoms with Crippen molar-refractivity contribution in [3.8, 4) is 5.75 Å². The maximum atomic E-state index is 12.5. The smallest absolute Gasteiger partial charge is 0.321 e. The van der Waals surface area contributed by atoms with Crippen molar-refractivity contribution >= 4 is 11.7 Å². The number of amides is 2. The Balaban J connectivity index is 1.63. The van der Waals surface area contributed by atoms with Crippen LogP contribution in [0.2, 0.25) is 0 Å². The molecule has 0 bridgehead atoms. The number of aliphatic hydroxyl groups excluding tert-OH is 1. The molecule has 2 N–H and O–H groups in total. The highest BCUT2D eigenvalue weighted by Gasteiger charge is 2.24. The molecule has 5 heteroatoms. The quantitative estimate of drug-likeness (QED) is 0.896. The molecular weight excluding hydrogens is 292 g/mol. The number of piperidine rings is 1. The number of ether oxygens (including phenoxy) is 1. The number of hydrogen-bond acceptors (Lipinski definition) is 3. The summed E-state index contributed by atoms with van der Waals surface area (Å²) in [7, 11) is 0. The van der Waals surface area contributed by atoms with Crippen LogP contribution in [-0.4, -0.2) is 41.8 Å². The van der Waals surface area contributed by atoms with E-state index in [2.05, 4.69) is 5.32 Å². The van der Waals surface area contributed by atoms with Crippen LogP contribution in [0.3, 0.4) is 0 Å². The molecule has 2 aliphatic rings. The summed E-state index contributed by atoms with van der Waals surface area (Å²) >= 11 is 0. The number of benzene rings is 1. The van der Waals surface area contributed by atoms with Gasteiger partial charge in [-0.25, -0.2) is 4.79 Å². The first-order chi connectivity index (χ1) is 11.3. The van der Waals surface area contributed by atoms with Crippen LogP contribution >= 0.6 is 0 Å². The molecule has 1 saturated carbocycles. The largest absolute Gasteiger partial charge is 0.488 e. The van der Waals surface area contributed by atoms with Gasteiger partial charge in [0.2, 0.25) is 0 Å². The van der Waals surface area contributed by atoms with E-state index in [1.807, 2.05) is 24.3 Å². The van der Waals surface area contributed by atoms with Gasteiger partial charge in [0.05, 0.1) is 11.8 Å². The number of hydrogen-bond donors (Lipinski definition) is 2. The van der Waals surface area contributed by atoms with Crippen LogP contribution in [0, 0.1) is 5.92 Å². The van der Waals surface area contributed by atoms with E-state index >= 15 is 0 Å². The van der Waals surface area contributed by atoms with E-state index in [1.54, 1.807) is 4.90 Å². The molecule has 1 heterocycles. The van der Waals surface area contributed by atoms with Gasteiger partial charge in [-0.3, -0.25) is 0 Å². The van der Waals surface area contributed by atoms with Gasteiger partial charge in [-0.1, -0.05) is 12.1 Å².